The van der Waals surface area contributed by atoms with Gasteiger partial charge in [0.15, 0.2) is 5.82 Å². The molecular weight excluding hydrogens is 252 g/mol. The summed E-state index contributed by atoms with van der Waals surface area (Å²) in [4.78, 5) is 8.74. The van der Waals surface area contributed by atoms with E-state index in [9.17, 15) is 0 Å². The lowest BCUT2D eigenvalue weighted by Crippen LogP contribution is -2.07. The number of methoxy groups -OCH3 is 1. The molecule has 1 heterocycles. The summed E-state index contributed by atoms with van der Waals surface area (Å²) < 4.78 is 5.08. The smallest absolute Gasteiger partial charge is 0.158 e. The van der Waals surface area contributed by atoms with Crippen molar-refractivity contribution in [3.8, 4) is 0 Å². The molecule has 0 spiro atoms. The van der Waals surface area contributed by atoms with E-state index in [1.165, 1.54) is 11.1 Å². The predicted molar refractivity (Wildman–Crippen MR) is 80.8 cm³/mol. The van der Waals surface area contributed by atoms with E-state index in [2.05, 4.69) is 51.8 Å². The van der Waals surface area contributed by atoms with Crippen molar-refractivity contribution >= 4 is 11.6 Å². The van der Waals surface area contributed by atoms with Gasteiger partial charge in [0.1, 0.15) is 18.2 Å². The Balaban J connectivity index is 2.10. The van der Waals surface area contributed by atoms with Crippen LogP contribution in [0.5, 0.6) is 0 Å². The molecule has 2 N–H and O–H groups in total. The van der Waals surface area contributed by atoms with Gasteiger partial charge in [-0.3, -0.25) is 0 Å². The summed E-state index contributed by atoms with van der Waals surface area (Å²) in [5.74, 6) is 2.22. The van der Waals surface area contributed by atoms with Crippen LogP contribution in [-0.2, 0) is 17.9 Å². The average molecular weight is 272 g/mol. The molecule has 2 aromatic rings. The number of nitrogens with zero attached hydrogens (tertiary/aromatic N) is 2. The van der Waals surface area contributed by atoms with Gasteiger partial charge in [0, 0.05) is 26.8 Å². The normalized spacial score (nSPS) is 10.3. The molecule has 0 saturated carbocycles. The van der Waals surface area contributed by atoms with E-state index in [0.717, 1.165) is 18.2 Å². The van der Waals surface area contributed by atoms with Crippen molar-refractivity contribution in [2.24, 2.45) is 0 Å². The minimum Gasteiger partial charge on any atom is -0.377 e. The Morgan fingerprint density at radius 2 is 1.95 bits per heavy atom. The minimum absolute atomic E-state index is 0.397. The molecule has 0 atom stereocenters. The molecule has 0 radical (unpaired) electrons. The topological polar surface area (TPSA) is 59.1 Å². The highest BCUT2D eigenvalue weighted by Crippen LogP contribution is 2.13. The minimum atomic E-state index is 0.397. The first-order valence-corrected chi connectivity index (χ1v) is 6.55. The molecule has 1 aromatic carbocycles. The van der Waals surface area contributed by atoms with Crippen molar-refractivity contribution in [3.05, 3.63) is 47.3 Å². The van der Waals surface area contributed by atoms with Crippen molar-refractivity contribution in [1.82, 2.24) is 9.97 Å². The first-order chi connectivity index (χ1) is 9.71. The zero-order chi connectivity index (χ0) is 14.4. The zero-order valence-electron chi connectivity index (χ0n) is 12.1. The lowest BCUT2D eigenvalue weighted by atomic mass is 10.1. The van der Waals surface area contributed by atoms with Gasteiger partial charge in [0.2, 0.25) is 0 Å². The molecular formula is C15H20N4O. The fraction of sp³-hybridized carbons (Fsp3) is 0.333. The zero-order valence-corrected chi connectivity index (χ0v) is 12.1. The molecule has 0 fully saturated rings. The van der Waals surface area contributed by atoms with Crippen LogP contribution in [0.15, 0.2) is 30.3 Å². The monoisotopic (exact) mass is 272 g/mol. The number of nitrogens with one attached hydrogen (secondary N) is 2. The van der Waals surface area contributed by atoms with Crippen LogP contribution in [0.2, 0.25) is 0 Å². The first-order valence-electron chi connectivity index (χ1n) is 6.55. The molecule has 0 amide bonds. The summed E-state index contributed by atoms with van der Waals surface area (Å²) in [6.07, 6.45) is 0. The lowest BCUT2D eigenvalue weighted by Gasteiger charge is -2.10. The van der Waals surface area contributed by atoms with Crippen molar-refractivity contribution in [2.75, 3.05) is 24.8 Å². The molecule has 0 bridgehead atoms. The van der Waals surface area contributed by atoms with Gasteiger partial charge < -0.3 is 15.4 Å². The van der Waals surface area contributed by atoms with E-state index in [-0.39, 0.29) is 0 Å². The quantitative estimate of drug-likeness (QED) is 0.846. The Hall–Kier alpha value is -2.14. The van der Waals surface area contributed by atoms with Crippen LogP contribution in [0.4, 0.5) is 11.6 Å². The third kappa shape index (κ3) is 3.93. The Bertz CT molecular complexity index is 572. The van der Waals surface area contributed by atoms with Crippen molar-refractivity contribution in [3.63, 3.8) is 0 Å². The molecule has 1 aromatic heterocycles. The summed E-state index contributed by atoms with van der Waals surface area (Å²) in [5.41, 5.74) is 2.48. The summed E-state index contributed by atoms with van der Waals surface area (Å²) in [6, 6.07) is 10.3. The molecule has 0 aliphatic carbocycles. The molecule has 0 aliphatic heterocycles. The molecule has 20 heavy (non-hydrogen) atoms. The number of hydrogen-bond acceptors (Lipinski definition) is 5. The Morgan fingerprint density at radius 3 is 2.65 bits per heavy atom. The Morgan fingerprint density at radius 1 is 1.15 bits per heavy atom. The predicted octanol–water partition coefficient (Wildman–Crippen LogP) is 2.59. The third-order valence-corrected chi connectivity index (χ3v) is 2.86. The summed E-state index contributed by atoms with van der Waals surface area (Å²) in [5, 5.41) is 6.34. The maximum absolute atomic E-state index is 5.08. The number of aromatic nitrogens is 2. The van der Waals surface area contributed by atoms with Gasteiger partial charge in [-0.25, -0.2) is 9.97 Å². The maximum Gasteiger partial charge on any atom is 0.158 e. The second kappa shape index (κ2) is 6.86. The molecule has 5 nitrogen and oxygen atoms in total. The van der Waals surface area contributed by atoms with Crippen LogP contribution in [0.1, 0.15) is 17.0 Å². The van der Waals surface area contributed by atoms with Crippen molar-refractivity contribution in [1.29, 1.82) is 0 Å². The summed E-state index contributed by atoms with van der Waals surface area (Å²) in [7, 11) is 3.47. The summed E-state index contributed by atoms with van der Waals surface area (Å²) >= 11 is 0. The van der Waals surface area contributed by atoms with Gasteiger partial charge in [-0.2, -0.15) is 0 Å². The summed E-state index contributed by atoms with van der Waals surface area (Å²) in [6.45, 7) is 3.22. The van der Waals surface area contributed by atoms with E-state index in [1.54, 1.807) is 7.11 Å². The van der Waals surface area contributed by atoms with Gasteiger partial charge in [0.25, 0.3) is 0 Å². The molecule has 2 rings (SSSR count). The van der Waals surface area contributed by atoms with Crippen molar-refractivity contribution in [2.45, 2.75) is 20.1 Å². The highest BCUT2D eigenvalue weighted by atomic mass is 16.5. The van der Waals surface area contributed by atoms with Gasteiger partial charge >= 0.3 is 0 Å². The fourth-order valence-electron chi connectivity index (χ4n) is 1.92. The number of anilines is 2. The molecule has 106 valence electrons. The number of rotatable bonds is 6. The van der Waals surface area contributed by atoms with Crippen LogP contribution < -0.4 is 10.6 Å². The van der Waals surface area contributed by atoms with Crippen LogP contribution in [-0.4, -0.2) is 24.1 Å². The van der Waals surface area contributed by atoms with Crippen LogP contribution in [0.25, 0.3) is 0 Å². The molecule has 0 unspecified atom stereocenters. The van der Waals surface area contributed by atoms with E-state index in [4.69, 9.17) is 4.74 Å². The number of aryl methyl sites for hydroxylation is 1. The largest absolute Gasteiger partial charge is 0.377 e. The fourth-order valence-corrected chi connectivity index (χ4v) is 1.92. The van der Waals surface area contributed by atoms with Gasteiger partial charge in [-0.05, 0) is 12.5 Å². The number of benzene rings is 1. The highest BCUT2D eigenvalue weighted by Gasteiger charge is 2.03. The van der Waals surface area contributed by atoms with E-state index in [0.29, 0.717) is 12.4 Å². The average Bonchev–Trinajstić information content (AvgIpc) is 2.45. The van der Waals surface area contributed by atoms with Crippen molar-refractivity contribution < 1.29 is 4.74 Å². The molecule has 5 heteroatoms. The van der Waals surface area contributed by atoms with Gasteiger partial charge in [-0.15, -0.1) is 0 Å². The standard InChI is InChI=1S/C15H20N4O/c1-11-5-4-6-12(7-11)9-17-14-8-13(16-2)18-15(19-14)10-20-3/h4-8H,9-10H2,1-3H3,(H2,16,17,18,19). The highest BCUT2D eigenvalue weighted by molar-refractivity contribution is 5.47. The maximum atomic E-state index is 5.08. The number of hydrogen-bond donors (Lipinski definition) is 2. The van der Waals surface area contributed by atoms with Gasteiger partial charge in [-0.1, -0.05) is 29.8 Å². The van der Waals surface area contributed by atoms with E-state index >= 15 is 0 Å². The SMILES string of the molecule is CNc1cc(NCc2cccc(C)c2)nc(COC)n1. The van der Waals surface area contributed by atoms with E-state index in [1.807, 2.05) is 13.1 Å². The van der Waals surface area contributed by atoms with Gasteiger partial charge in [0.05, 0.1) is 0 Å². The second-order valence-corrected chi connectivity index (χ2v) is 4.58. The Kier molecular flexibility index (Phi) is 4.90. The lowest BCUT2D eigenvalue weighted by molar-refractivity contribution is 0.178. The molecule has 0 aliphatic rings. The third-order valence-electron chi connectivity index (χ3n) is 2.86. The van der Waals surface area contributed by atoms with Crippen LogP contribution >= 0.6 is 0 Å². The Labute approximate surface area is 119 Å². The molecule has 0 saturated heterocycles. The van der Waals surface area contributed by atoms with Crippen LogP contribution in [0.3, 0.4) is 0 Å². The number of ether oxygens (including phenoxy) is 1. The van der Waals surface area contributed by atoms with Crippen LogP contribution in [0, 0.1) is 6.92 Å². The first kappa shape index (κ1) is 14.3. The van der Waals surface area contributed by atoms with E-state index < -0.39 is 0 Å². The second-order valence-electron chi connectivity index (χ2n) is 4.58.